The standard InChI is InChI=1S/C7H9BFNO2/c1-2-12-8(11)6-4-3-5-10-7(6)9/h3-5,11H,2H2,1H3. The topological polar surface area (TPSA) is 42.4 Å². The van der Waals surface area contributed by atoms with Gasteiger partial charge < -0.3 is 9.68 Å². The lowest BCUT2D eigenvalue weighted by Crippen LogP contribution is -2.36. The zero-order chi connectivity index (χ0) is 8.97. The van der Waals surface area contributed by atoms with Gasteiger partial charge in [-0.15, -0.1) is 0 Å². The van der Waals surface area contributed by atoms with Gasteiger partial charge in [-0.2, -0.15) is 4.39 Å². The maximum atomic E-state index is 12.8. The lowest BCUT2D eigenvalue weighted by atomic mass is 9.80. The van der Waals surface area contributed by atoms with Crippen LogP contribution in [0.4, 0.5) is 4.39 Å². The van der Waals surface area contributed by atoms with Gasteiger partial charge in [0.25, 0.3) is 0 Å². The van der Waals surface area contributed by atoms with Gasteiger partial charge >= 0.3 is 7.12 Å². The minimum Gasteiger partial charge on any atom is -0.423 e. The first-order chi connectivity index (χ1) is 5.75. The van der Waals surface area contributed by atoms with E-state index in [1.807, 2.05) is 0 Å². The lowest BCUT2D eigenvalue weighted by molar-refractivity contribution is 0.286. The van der Waals surface area contributed by atoms with Crippen LogP contribution in [0.15, 0.2) is 18.3 Å². The highest BCUT2D eigenvalue weighted by Gasteiger charge is 2.19. The summed E-state index contributed by atoms with van der Waals surface area (Å²) in [4.78, 5) is 3.38. The molecule has 0 saturated carbocycles. The maximum absolute atomic E-state index is 12.8. The summed E-state index contributed by atoms with van der Waals surface area (Å²) in [5, 5.41) is 9.20. The molecule has 0 amide bonds. The van der Waals surface area contributed by atoms with E-state index in [0.29, 0.717) is 6.61 Å². The number of hydrogen-bond donors (Lipinski definition) is 1. The fourth-order valence-corrected chi connectivity index (χ4v) is 0.830. The smallest absolute Gasteiger partial charge is 0.423 e. The number of nitrogens with zero attached hydrogens (tertiary/aromatic N) is 1. The first-order valence-corrected chi connectivity index (χ1v) is 3.65. The van der Waals surface area contributed by atoms with Crippen molar-refractivity contribution in [1.29, 1.82) is 0 Å². The number of aromatic nitrogens is 1. The SMILES string of the molecule is CCOB(O)c1cccnc1F. The van der Waals surface area contributed by atoms with Crippen molar-refractivity contribution in [2.45, 2.75) is 6.92 Å². The number of halogens is 1. The molecule has 0 fully saturated rings. The van der Waals surface area contributed by atoms with E-state index in [1.54, 1.807) is 13.0 Å². The van der Waals surface area contributed by atoms with Crippen molar-refractivity contribution >= 4 is 12.6 Å². The third kappa shape index (κ3) is 2.02. The molecule has 5 heteroatoms. The highest BCUT2D eigenvalue weighted by molar-refractivity contribution is 6.59. The largest absolute Gasteiger partial charge is 0.495 e. The third-order valence-electron chi connectivity index (χ3n) is 1.38. The molecule has 0 aliphatic heterocycles. The molecule has 0 atom stereocenters. The second-order valence-corrected chi connectivity index (χ2v) is 2.19. The number of pyridine rings is 1. The molecule has 1 aromatic heterocycles. The zero-order valence-corrected chi connectivity index (χ0v) is 6.70. The van der Waals surface area contributed by atoms with Gasteiger partial charge in [0.2, 0.25) is 5.95 Å². The summed E-state index contributed by atoms with van der Waals surface area (Å²) in [5.74, 6) is -0.696. The Bertz CT molecular complexity index is 259. The molecule has 3 nitrogen and oxygen atoms in total. The fourth-order valence-electron chi connectivity index (χ4n) is 0.830. The molecule has 0 aliphatic carbocycles. The summed E-state index contributed by atoms with van der Waals surface area (Å²) in [6.07, 6.45) is 1.32. The molecule has 0 bridgehead atoms. The van der Waals surface area contributed by atoms with E-state index in [9.17, 15) is 9.41 Å². The van der Waals surface area contributed by atoms with Crippen molar-refractivity contribution in [3.8, 4) is 0 Å². The Morgan fingerprint density at radius 2 is 2.50 bits per heavy atom. The minimum atomic E-state index is -1.22. The van der Waals surface area contributed by atoms with Crippen LogP contribution in [0.3, 0.4) is 0 Å². The van der Waals surface area contributed by atoms with Crippen molar-refractivity contribution in [3.05, 3.63) is 24.3 Å². The van der Waals surface area contributed by atoms with Crippen molar-refractivity contribution < 1.29 is 14.1 Å². The average Bonchev–Trinajstić information content (AvgIpc) is 2.05. The molecule has 0 saturated heterocycles. The number of hydrogen-bond acceptors (Lipinski definition) is 3. The predicted octanol–water partition coefficient (Wildman–Crippen LogP) is -0.0553. The van der Waals surface area contributed by atoms with E-state index in [-0.39, 0.29) is 5.46 Å². The number of rotatable bonds is 3. The average molecular weight is 169 g/mol. The molecule has 0 aliphatic rings. The molecule has 0 radical (unpaired) electrons. The van der Waals surface area contributed by atoms with Crippen LogP contribution in [0, 0.1) is 5.95 Å². The first kappa shape index (κ1) is 9.16. The Morgan fingerprint density at radius 3 is 3.08 bits per heavy atom. The molecule has 1 aromatic rings. The Balaban J connectivity index is 2.79. The third-order valence-corrected chi connectivity index (χ3v) is 1.38. The van der Waals surface area contributed by atoms with Crippen molar-refractivity contribution in [2.75, 3.05) is 6.61 Å². The van der Waals surface area contributed by atoms with Crippen LogP contribution in [-0.2, 0) is 4.65 Å². The van der Waals surface area contributed by atoms with Gasteiger partial charge in [0.05, 0.1) is 0 Å². The summed E-state index contributed by atoms with van der Waals surface area (Å²) in [6, 6.07) is 2.98. The quantitative estimate of drug-likeness (QED) is 0.509. The molecule has 0 unspecified atom stereocenters. The van der Waals surface area contributed by atoms with E-state index in [1.165, 1.54) is 12.3 Å². The van der Waals surface area contributed by atoms with Crippen LogP contribution in [0.2, 0.25) is 0 Å². The molecule has 12 heavy (non-hydrogen) atoms. The van der Waals surface area contributed by atoms with Crippen molar-refractivity contribution in [3.63, 3.8) is 0 Å². The molecule has 64 valence electrons. The zero-order valence-electron chi connectivity index (χ0n) is 6.70. The minimum absolute atomic E-state index is 0.0688. The van der Waals surface area contributed by atoms with Gasteiger partial charge in [-0.1, -0.05) is 6.07 Å². The fraction of sp³-hybridized carbons (Fsp3) is 0.286. The summed E-state index contributed by atoms with van der Waals surface area (Å²) in [7, 11) is -1.22. The van der Waals surface area contributed by atoms with Crippen LogP contribution in [0.1, 0.15) is 6.92 Å². The summed E-state index contributed by atoms with van der Waals surface area (Å²) in [6.45, 7) is 2.05. The van der Waals surface area contributed by atoms with Crippen LogP contribution in [0.5, 0.6) is 0 Å². The highest BCUT2D eigenvalue weighted by atomic mass is 19.1. The van der Waals surface area contributed by atoms with Gasteiger partial charge in [0.15, 0.2) is 0 Å². The second kappa shape index (κ2) is 4.18. The lowest BCUT2D eigenvalue weighted by Gasteiger charge is -2.05. The molecular formula is C7H9BFNO2. The van der Waals surface area contributed by atoms with E-state index in [4.69, 9.17) is 4.65 Å². The van der Waals surface area contributed by atoms with Crippen LogP contribution in [0.25, 0.3) is 0 Å². The summed E-state index contributed by atoms with van der Waals surface area (Å²) in [5.41, 5.74) is 0.0688. The molecule has 1 rings (SSSR count). The monoisotopic (exact) mass is 169 g/mol. The molecule has 0 spiro atoms. The Labute approximate surface area is 70.3 Å². The predicted molar refractivity (Wildman–Crippen MR) is 43.4 cm³/mol. The van der Waals surface area contributed by atoms with Crippen LogP contribution < -0.4 is 5.46 Å². The Hall–Kier alpha value is -0.935. The van der Waals surface area contributed by atoms with Gasteiger partial charge in [-0.3, -0.25) is 0 Å². The first-order valence-electron chi connectivity index (χ1n) is 3.65. The molecule has 1 heterocycles. The van der Waals surface area contributed by atoms with E-state index in [2.05, 4.69) is 4.98 Å². The van der Waals surface area contributed by atoms with Gasteiger partial charge in [0, 0.05) is 18.3 Å². The van der Waals surface area contributed by atoms with Gasteiger partial charge in [-0.05, 0) is 13.0 Å². The van der Waals surface area contributed by atoms with Crippen molar-refractivity contribution in [2.24, 2.45) is 0 Å². The molecule has 1 N–H and O–H groups in total. The molecule has 0 aromatic carbocycles. The van der Waals surface area contributed by atoms with Crippen LogP contribution >= 0.6 is 0 Å². The van der Waals surface area contributed by atoms with Crippen LogP contribution in [-0.4, -0.2) is 23.7 Å². The maximum Gasteiger partial charge on any atom is 0.495 e. The van der Waals surface area contributed by atoms with Gasteiger partial charge in [-0.25, -0.2) is 4.98 Å². The summed E-state index contributed by atoms with van der Waals surface area (Å²) >= 11 is 0. The second-order valence-electron chi connectivity index (χ2n) is 2.19. The molecular weight excluding hydrogens is 160 g/mol. The highest BCUT2D eigenvalue weighted by Crippen LogP contribution is 1.91. The van der Waals surface area contributed by atoms with E-state index >= 15 is 0 Å². The Morgan fingerprint density at radius 1 is 1.75 bits per heavy atom. The van der Waals surface area contributed by atoms with E-state index < -0.39 is 13.1 Å². The van der Waals surface area contributed by atoms with E-state index in [0.717, 1.165) is 0 Å². The van der Waals surface area contributed by atoms with Gasteiger partial charge in [0.1, 0.15) is 0 Å². The normalized spacial score (nSPS) is 9.92. The van der Waals surface area contributed by atoms with Crippen molar-refractivity contribution in [1.82, 2.24) is 4.98 Å². The Kier molecular flexibility index (Phi) is 3.19. The summed E-state index contributed by atoms with van der Waals surface area (Å²) < 4.78 is 17.6.